The van der Waals surface area contributed by atoms with Gasteiger partial charge >= 0.3 is 0 Å². The molecule has 1 aliphatic heterocycles. The van der Waals surface area contributed by atoms with Crippen LogP contribution in [0.2, 0.25) is 0 Å². The standard InChI is InChI=1S/C4H4NS/c1-3-6-4-2-5-1/h1,3H,4H2. The third-order valence-corrected chi connectivity index (χ3v) is 1.08. The van der Waals surface area contributed by atoms with Crippen LogP contribution in [0, 0.1) is 0 Å². The zero-order valence-electron chi connectivity index (χ0n) is 3.22. The molecule has 0 aromatic carbocycles. The first-order valence-corrected chi connectivity index (χ1v) is 2.74. The van der Waals surface area contributed by atoms with E-state index >= 15 is 0 Å². The fourth-order valence-corrected chi connectivity index (χ4v) is 0.641. The van der Waals surface area contributed by atoms with Crippen molar-refractivity contribution in [3.05, 3.63) is 11.6 Å². The lowest BCUT2D eigenvalue weighted by Gasteiger charge is -1.86. The topological polar surface area (TPSA) is 12.4 Å². The van der Waals surface area contributed by atoms with Crippen LogP contribution in [-0.2, 0) is 0 Å². The van der Waals surface area contributed by atoms with Crippen LogP contribution >= 0.6 is 11.8 Å². The molecule has 0 aliphatic carbocycles. The van der Waals surface area contributed by atoms with Crippen LogP contribution in [0.1, 0.15) is 0 Å². The summed E-state index contributed by atoms with van der Waals surface area (Å²) in [7, 11) is 0. The summed E-state index contributed by atoms with van der Waals surface area (Å²) in [4.78, 5) is 3.73. The molecule has 0 unspecified atom stereocenters. The second-order valence-corrected chi connectivity index (χ2v) is 1.78. The molecule has 0 atom stereocenters. The Hall–Kier alpha value is -0.240. The monoisotopic (exact) mass is 98.0 g/mol. The largest absolute Gasteiger partial charge is 0.258 e. The lowest BCUT2D eigenvalue weighted by Crippen LogP contribution is -1.77. The molecule has 1 heterocycles. The molecule has 6 heavy (non-hydrogen) atoms. The molecule has 1 rings (SSSR count). The predicted molar refractivity (Wildman–Crippen MR) is 29.0 cm³/mol. The van der Waals surface area contributed by atoms with Gasteiger partial charge in [0.05, 0.1) is 6.21 Å². The van der Waals surface area contributed by atoms with E-state index in [2.05, 4.69) is 11.2 Å². The third kappa shape index (κ3) is 0.863. The van der Waals surface area contributed by atoms with E-state index in [0.717, 1.165) is 5.75 Å². The normalized spacial score (nSPS) is 18.7. The Morgan fingerprint density at radius 1 is 1.83 bits per heavy atom. The van der Waals surface area contributed by atoms with Gasteiger partial charge in [-0.25, -0.2) is 0 Å². The van der Waals surface area contributed by atoms with Crippen molar-refractivity contribution in [2.75, 3.05) is 5.75 Å². The van der Waals surface area contributed by atoms with Crippen LogP contribution in [0.25, 0.3) is 0 Å². The van der Waals surface area contributed by atoms with Crippen molar-refractivity contribution < 1.29 is 0 Å². The SMILES string of the molecule is [C]1=NC=CSC1. The molecule has 2 heteroatoms. The Bertz CT molecular complexity index is 73.5. The van der Waals surface area contributed by atoms with Gasteiger partial charge in [-0.15, -0.1) is 11.8 Å². The number of thioether (sulfide) groups is 1. The minimum absolute atomic E-state index is 0.913. The third-order valence-electron chi connectivity index (χ3n) is 0.471. The van der Waals surface area contributed by atoms with E-state index in [4.69, 9.17) is 0 Å². The van der Waals surface area contributed by atoms with Crippen LogP contribution in [0.15, 0.2) is 16.6 Å². The first kappa shape index (κ1) is 3.93. The fourth-order valence-electron chi connectivity index (χ4n) is 0.249. The summed E-state index contributed by atoms with van der Waals surface area (Å²) in [6, 6.07) is 0. The number of nitrogens with zero attached hydrogens (tertiary/aromatic N) is 1. The van der Waals surface area contributed by atoms with Crippen molar-refractivity contribution in [1.82, 2.24) is 0 Å². The van der Waals surface area contributed by atoms with Gasteiger partial charge in [0.2, 0.25) is 0 Å². The van der Waals surface area contributed by atoms with Crippen molar-refractivity contribution in [3.8, 4) is 0 Å². The van der Waals surface area contributed by atoms with Crippen molar-refractivity contribution in [2.45, 2.75) is 0 Å². The van der Waals surface area contributed by atoms with E-state index in [-0.39, 0.29) is 0 Å². The average molecular weight is 98.2 g/mol. The van der Waals surface area contributed by atoms with Gasteiger partial charge in [0.15, 0.2) is 0 Å². The maximum atomic E-state index is 3.73. The van der Waals surface area contributed by atoms with E-state index in [1.807, 2.05) is 5.41 Å². The molecule has 0 fully saturated rings. The average Bonchev–Trinajstić information content (AvgIpc) is 1.72. The molecule has 0 spiro atoms. The Morgan fingerprint density at radius 3 is 3.00 bits per heavy atom. The summed E-state index contributed by atoms with van der Waals surface area (Å²) < 4.78 is 0. The number of hydrogen-bond donors (Lipinski definition) is 0. The molecule has 0 saturated heterocycles. The molecule has 0 amide bonds. The molecule has 0 aromatic rings. The van der Waals surface area contributed by atoms with Crippen LogP contribution in [0.3, 0.4) is 0 Å². The van der Waals surface area contributed by atoms with E-state index in [1.165, 1.54) is 0 Å². The molecular formula is C4H4NS. The Balaban J connectivity index is 2.46. The summed E-state index contributed by atoms with van der Waals surface area (Å²) in [5.74, 6) is 0.913. The molecule has 1 nitrogen and oxygen atoms in total. The van der Waals surface area contributed by atoms with Crippen molar-refractivity contribution in [2.24, 2.45) is 4.99 Å². The zero-order chi connectivity index (χ0) is 4.24. The van der Waals surface area contributed by atoms with Gasteiger partial charge < -0.3 is 0 Å². The predicted octanol–water partition coefficient (Wildman–Crippen LogP) is 1.15. The molecule has 1 radical (unpaired) electrons. The second kappa shape index (κ2) is 2.03. The highest BCUT2D eigenvalue weighted by Gasteiger charge is 1.80. The van der Waals surface area contributed by atoms with Crippen LogP contribution < -0.4 is 0 Å². The lowest BCUT2D eigenvalue weighted by molar-refractivity contribution is 1.59. The highest BCUT2D eigenvalue weighted by molar-refractivity contribution is 8.02. The molecule has 0 bridgehead atoms. The zero-order valence-corrected chi connectivity index (χ0v) is 4.03. The number of hydrogen-bond acceptors (Lipinski definition) is 2. The van der Waals surface area contributed by atoms with Crippen molar-refractivity contribution >= 4 is 18.0 Å². The minimum atomic E-state index is 0.913. The van der Waals surface area contributed by atoms with Crippen LogP contribution in [-0.4, -0.2) is 12.0 Å². The molecule has 0 aromatic heterocycles. The summed E-state index contributed by atoms with van der Waals surface area (Å²) in [6.45, 7) is 0. The first-order valence-electron chi connectivity index (χ1n) is 1.69. The quantitative estimate of drug-likeness (QED) is 0.442. The fraction of sp³-hybridized carbons (Fsp3) is 0.250. The van der Waals surface area contributed by atoms with Gasteiger partial charge in [-0.2, -0.15) is 0 Å². The van der Waals surface area contributed by atoms with E-state index in [0.29, 0.717) is 0 Å². The summed E-state index contributed by atoms with van der Waals surface area (Å²) >= 11 is 1.71. The Kier molecular flexibility index (Phi) is 1.33. The highest BCUT2D eigenvalue weighted by Crippen LogP contribution is 2.02. The Morgan fingerprint density at radius 2 is 2.83 bits per heavy atom. The van der Waals surface area contributed by atoms with Crippen molar-refractivity contribution in [1.29, 1.82) is 0 Å². The van der Waals surface area contributed by atoms with E-state index in [9.17, 15) is 0 Å². The van der Waals surface area contributed by atoms with Crippen molar-refractivity contribution in [3.63, 3.8) is 0 Å². The highest BCUT2D eigenvalue weighted by atomic mass is 32.2. The maximum absolute atomic E-state index is 3.73. The summed E-state index contributed by atoms with van der Waals surface area (Å²) in [6.07, 6.45) is 4.53. The van der Waals surface area contributed by atoms with Crippen LogP contribution in [0.4, 0.5) is 0 Å². The maximum Gasteiger partial charge on any atom is 0.0729 e. The molecule has 0 saturated carbocycles. The smallest absolute Gasteiger partial charge is 0.0729 e. The summed E-state index contributed by atoms with van der Waals surface area (Å²) in [5, 5.41) is 1.95. The molecular weight excluding hydrogens is 94.1 g/mol. The van der Waals surface area contributed by atoms with E-state index in [1.54, 1.807) is 18.0 Å². The molecule has 31 valence electrons. The van der Waals surface area contributed by atoms with Gasteiger partial charge in [0, 0.05) is 12.0 Å². The second-order valence-electron chi connectivity index (χ2n) is 0.883. The van der Waals surface area contributed by atoms with Gasteiger partial charge in [-0.05, 0) is 5.41 Å². The van der Waals surface area contributed by atoms with Gasteiger partial charge in [0.25, 0.3) is 0 Å². The first-order chi connectivity index (χ1) is 3.00. The minimum Gasteiger partial charge on any atom is -0.258 e. The number of aliphatic imine (C=N–C) groups is 1. The van der Waals surface area contributed by atoms with Crippen LogP contribution in [0.5, 0.6) is 0 Å². The van der Waals surface area contributed by atoms with Gasteiger partial charge in [-0.3, -0.25) is 4.99 Å². The van der Waals surface area contributed by atoms with Gasteiger partial charge in [0.1, 0.15) is 0 Å². The molecule has 0 N–H and O–H groups in total. The number of rotatable bonds is 0. The summed E-state index contributed by atoms with van der Waals surface area (Å²) in [5.41, 5.74) is 0. The molecule has 1 aliphatic rings. The van der Waals surface area contributed by atoms with Gasteiger partial charge in [-0.1, -0.05) is 0 Å². The van der Waals surface area contributed by atoms with E-state index < -0.39 is 0 Å². The lowest BCUT2D eigenvalue weighted by atomic mass is 10.8. The Labute approximate surface area is 41.2 Å².